The molecule has 0 aliphatic carbocycles. The fourth-order valence-corrected chi connectivity index (χ4v) is 1.98. The zero-order valence-corrected chi connectivity index (χ0v) is 9.41. The van der Waals surface area contributed by atoms with Gasteiger partial charge in [-0.3, -0.25) is 0 Å². The van der Waals surface area contributed by atoms with E-state index in [0.29, 0.717) is 13.0 Å². The van der Waals surface area contributed by atoms with Gasteiger partial charge in [-0.25, -0.2) is 9.97 Å². The summed E-state index contributed by atoms with van der Waals surface area (Å²) in [6, 6.07) is 1.85. The van der Waals surface area contributed by atoms with Gasteiger partial charge in [0, 0.05) is 19.2 Å². The second kappa shape index (κ2) is 4.92. The van der Waals surface area contributed by atoms with E-state index < -0.39 is 0 Å². The summed E-state index contributed by atoms with van der Waals surface area (Å²) in [6.07, 6.45) is 4.68. The highest BCUT2D eigenvalue weighted by atomic mass is 32.2. The Hall–Kier alpha value is -0.650. The Labute approximate surface area is 93.1 Å². The number of aliphatic hydroxyl groups is 1. The minimum absolute atomic E-state index is 0.0809. The third-order valence-corrected chi connectivity index (χ3v) is 2.99. The first kappa shape index (κ1) is 10.9. The molecule has 82 valence electrons. The third kappa shape index (κ3) is 2.68. The Morgan fingerprint density at radius 1 is 1.60 bits per heavy atom. The summed E-state index contributed by atoms with van der Waals surface area (Å²) in [7, 11) is 0. The monoisotopic (exact) mass is 226 g/mol. The van der Waals surface area contributed by atoms with Gasteiger partial charge >= 0.3 is 0 Å². The van der Waals surface area contributed by atoms with E-state index in [0.717, 1.165) is 17.3 Å². The van der Waals surface area contributed by atoms with Crippen molar-refractivity contribution in [1.82, 2.24) is 9.97 Å². The molecule has 2 unspecified atom stereocenters. The van der Waals surface area contributed by atoms with E-state index in [1.165, 1.54) is 11.8 Å². The highest BCUT2D eigenvalue weighted by molar-refractivity contribution is 7.98. The van der Waals surface area contributed by atoms with Gasteiger partial charge in [0.25, 0.3) is 0 Å². The molecule has 1 fully saturated rings. The van der Waals surface area contributed by atoms with Crippen LogP contribution in [-0.4, -0.2) is 34.0 Å². The lowest BCUT2D eigenvalue weighted by molar-refractivity contribution is -0.0469. The quantitative estimate of drug-likeness (QED) is 0.610. The fourth-order valence-electron chi connectivity index (χ4n) is 1.62. The highest BCUT2D eigenvalue weighted by Gasteiger charge is 2.23. The van der Waals surface area contributed by atoms with E-state index in [4.69, 9.17) is 4.74 Å². The van der Waals surface area contributed by atoms with Crippen LogP contribution in [0.2, 0.25) is 0 Å². The van der Waals surface area contributed by atoms with E-state index in [2.05, 4.69) is 9.97 Å². The Morgan fingerprint density at radius 3 is 3.20 bits per heavy atom. The molecule has 1 aromatic rings. The summed E-state index contributed by atoms with van der Waals surface area (Å²) in [5.41, 5.74) is 0.869. The van der Waals surface area contributed by atoms with Gasteiger partial charge in [-0.05, 0) is 18.7 Å². The molecule has 1 aromatic heterocycles. The van der Waals surface area contributed by atoms with Gasteiger partial charge in [0.2, 0.25) is 0 Å². The smallest absolute Gasteiger partial charge is 0.187 e. The van der Waals surface area contributed by atoms with Crippen LogP contribution in [0.4, 0.5) is 0 Å². The molecular weight excluding hydrogens is 212 g/mol. The predicted octanol–water partition coefficient (Wildman–Crippen LogP) is 1.41. The molecule has 0 radical (unpaired) electrons. The maximum absolute atomic E-state index is 9.54. The average Bonchev–Trinajstić information content (AvgIpc) is 2.29. The van der Waals surface area contributed by atoms with Crippen LogP contribution in [0.3, 0.4) is 0 Å². The van der Waals surface area contributed by atoms with E-state index in [-0.39, 0.29) is 12.2 Å². The average molecular weight is 226 g/mol. The molecule has 0 amide bonds. The molecule has 4 nitrogen and oxygen atoms in total. The van der Waals surface area contributed by atoms with Crippen molar-refractivity contribution in [3.05, 3.63) is 18.0 Å². The van der Waals surface area contributed by atoms with Crippen molar-refractivity contribution in [1.29, 1.82) is 0 Å². The molecule has 0 aromatic carbocycles. The van der Waals surface area contributed by atoms with Crippen molar-refractivity contribution in [2.75, 3.05) is 12.9 Å². The van der Waals surface area contributed by atoms with Crippen LogP contribution in [0.15, 0.2) is 17.4 Å². The number of ether oxygens (including phenoxy) is 1. The molecule has 2 heterocycles. The lowest BCUT2D eigenvalue weighted by Gasteiger charge is -2.25. The molecule has 0 saturated carbocycles. The number of hydrogen-bond acceptors (Lipinski definition) is 5. The van der Waals surface area contributed by atoms with Crippen LogP contribution in [0, 0.1) is 0 Å². The molecule has 2 atom stereocenters. The van der Waals surface area contributed by atoms with Crippen LogP contribution in [-0.2, 0) is 4.74 Å². The SMILES string of the molecule is CSc1nccc(C2CC(O)CCO2)n1. The van der Waals surface area contributed by atoms with Crippen molar-refractivity contribution in [2.24, 2.45) is 0 Å². The maximum Gasteiger partial charge on any atom is 0.187 e. The van der Waals surface area contributed by atoms with E-state index in [1.54, 1.807) is 6.20 Å². The molecular formula is C10H14N2O2S. The van der Waals surface area contributed by atoms with E-state index in [1.807, 2.05) is 12.3 Å². The molecule has 0 spiro atoms. The minimum atomic E-state index is -0.267. The van der Waals surface area contributed by atoms with Gasteiger partial charge in [0.15, 0.2) is 5.16 Å². The number of nitrogens with zero attached hydrogens (tertiary/aromatic N) is 2. The summed E-state index contributed by atoms with van der Waals surface area (Å²) >= 11 is 1.51. The van der Waals surface area contributed by atoms with Crippen LogP contribution in [0.1, 0.15) is 24.6 Å². The van der Waals surface area contributed by atoms with Gasteiger partial charge in [-0.1, -0.05) is 11.8 Å². The number of hydrogen-bond donors (Lipinski definition) is 1. The third-order valence-electron chi connectivity index (χ3n) is 2.42. The Morgan fingerprint density at radius 2 is 2.47 bits per heavy atom. The zero-order chi connectivity index (χ0) is 10.7. The normalized spacial score (nSPS) is 26.5. The molecule has 1 aliphatic heterocycles. The second-order valence-electron chi connectivity index (χ2n) is 3.51. The van der Waals surface area contributed by atoms with Gasteiger partial charge in [0.05, 0.1) is 11.8 Å². The Balaban J connectivity index is 2.13. The lowest BCUT2D eigenvalue weighted by atomic mass is 10.0. The highest BCUT2D eigenvalue weighted by Crippen LogP contribution is 2.27. The molecule has 2 rings (SSSR count). The standard InChI is InChI=1S/C10H14N2O2S/c1-15-10-11-4-2-8(12-10)9-6-7(13)3-5-14-9/h2,4,7,9,13H,3,5-6H2,1H3. The molecule has 5 heteroatoms. The lowest BCUT2D eigenvalue weighted by Crippen LogP contribution is -2.24. The van der Waals surface area contributed by atoms with Gasteiger partial charge in [-0.2, -0.15) is 0 Å². The maximum atomic E-state index is 9.54. The van der Waals surface area contributed by atoms with Crippen LogP contribution in [0.25, 0.3) is 0 Å². The second-order valence-corrected chi connectivity index (χ2v) is 4.28. The number of rotatable bonds is 2. The molecule has 15 heavy (non-hydrogen) atoms. The number of aromatic nitrogens is 2. The molecule has 1 N–H and O–H groups in total. The van der Waals surface area contributed by atoms with Crippen molar-refractivity contribution >= 4 is 11.8 Å². The topological polar surface area (TPSA) is 55.2 Å². The Bertz CT molecular complexity index is 335. The minimum Gasteiger partial charge on any atom is -0.393 e. The summed E-state index contributed by atoms with van der Waals surface area (Å²) in [5, 5.41) is 10.3. The van der Waals surface area contributed by atoms with Crippen molar-refractivity contribution in [3.8, 4) is 0 Å². The largest absolute Gasteiger partial charge is 0.393 e. The summed E-state index contributed by atoms with van der Waals surface area (Å²) in [5.74, 6) is 0. The van der Waals surface area contributed by atoms with Gasteiger partial charge < -0.3 is 9.84 Å². The number of aliphatic hydroxyl groups excluding tert-OH is 1. The summed E-state index contributed by atoms with van der Waals surface area (Å²) in [4.78, 5) is 8.47. The molecule has 1 saturated heterocycles. The molecule has 1 aliphatic rings. The van der Waals surface area contributed by atoms with E-state index >= 15 is 0 Å². The van der Waals surface area contributed by atoms with Crippen molar-refractivity contribution < 1.29 is 9.84 Å². The first-order chi connectivity index (χ1) is 7.29. The van der Waals surface area contributed by atoms with Crippen molar-refractivity contribution in [3.63, 3.8) is 0 Å². The fraction of sp³-hybridized carbons (Fsp3) is 0.600. The van der Waals surface area contributed by atoms with Crippen LogP contribution >= 0.6 is 11.8 Å². The van der Waals surface area contributed by atoms with E-state index in [9.17, 15) is 5.11 Å². The van der Waals surface area contributed by atoms with Gasteiger partial charge in [0.1, 0.15) is 6.10 Å². The number of thioether (sulfide) groups is 1. The van der Waals surface area contributed by atoms with Crippen molar-refractivity contribution in [2.45, 2.75) is 30.2 Å². The predicted molar refractivity (Wildman–Crippen MR) is 57.7 cm³/mol. The Kier molecular flexibility index (Phi) is 3.56. The zero-order valence-electron chi connectivity index (χ0n) is 8.59. The van der Waals surface area contributed by atoms with Crippen LogP contribution < -0.4 is 0 Å². The first-order valence-electron chi connectivity index (χ1n) is 4.96. The first-order valence-corrected chi connectivity index (χ1v) is 6.18. The van der Waals surface area contributed by atoms with Crippen LogP contribution in [0.5, 0.6) is 0 Å². The summed E-state index contributed by atoms with van der Waals surface area (Å²) in [6.45, 7) is 0.602. The summed E-state index contributed by atoms with van der Waals surface area (Å²) < 4.78 is 5.57. The molecule has 0 bridgehead atoms. The van der Waals surface area contributed by atoms with Gasteiger partial charge in [-0.15, -0.1) is 0 Å².